The van der Waals surface area contributed by atoms with E-state index in [0.717, 1.165) is 29.4 Å². The highest BCUT2D eigenvalue weighted by molar-refractivity contribution is 6.06. The van der Waals surface area contributed by atoms with Gasteiger partial charge in [0.25, 0.3) is 5.91 Å². The van der Waals surface area contributed by atoms with Crippen LogP contribution in [0, 0.1) is 0 Å². The number of benzene rings is 2. The van der Waals surface area contributed by atoms with Gasteiger partial charge in [-0.05, 0) is 54.7 Å². The van der Waals surface area contributed by atoms with E-state index in [1.165, 1.54) is 17.5 Å². The fraction of sp³-hybridized carbons (Fsp3) is 0.176. The minimum atomic E-state index is -0.0931. The number of nitrogens with zero attached hydrogens (tertiary/aromatic N) is 1. The van der Waals surface area contributed by atoms with Gasteiger partial charge in [0.05, 0.1) is 11.7 Å². The molecule has 2 N–H and O–H groups in total. The highest BCUT2D eigenvalue weighted by atomic mass is 16.1. The molecule has 0 radical (unpaired) electrons. The van der Waals surface area contributed by atoms with Crippen molar-refractivity contribution in [3.63, 3.8) is 0 Å². The van der Waals surface area contributed by atoms with Crippen molar-refractivity contribution < 1.29 is 4.79 Å². The van der Waals surface area contributed by atoms with Crippen LogP contribution in [0.25, 0.3) is 10.9 Å². The lowest BCUT2D eigenvalue weighted by Crippen LogP contribution is -2.12. The van der Waals surface area contributed by atoms with Gasteiger partial charge in [0, 0.05) is 16.6 Å². The third kappa shape index (κ3) is 2.18. The van der Waals surface area contributed by atoms with Crippen molar-refractivity contribution in [3.05, 3.63) is 59.3 Å². The fourth-order valence-electron chi connectivity index (χ4n) is 2.93. The topological polar surface area (TPSA) is 57.8 Å². The van der Waals surface area contributed by atoms with Crippen molar-refractivity contribution in [3.8, 4) is 0 Å². The van der Waals surface area contributed by atoms with Crippen molar-refractivity contribution in [1.29, 1.82) is 0 Å². The first-order valence-electron chi connectivity index (χ1n) is 7.16. The van der Waals surface area contributed by atoms with Crippen LogP contribution in [0.15, 0.2) is 42.6 Å². The first-order valence-corrected chi connectivity index (χ1v) is 7.16. The molecular formula is C17H15N3O. The number of aromatic amines is 1. The summed E-state index contributed by atoms with van der Waals surface area (Å²) in [6.45, 7) is 0. The van der Waals surface area contributed by atoms with Crippen LogP contribution in [0.5, 0.6) is 0 Å². The van der Waals surface area contributed by atoms with E-state index in [-0.39, 0.29) is 5.91 Å². The van der Waals surface area contributed by atoms with Gasteiger partial charge in [0.2, 0.25) is 0 Å². The number of rotatable bonds is 2. The molecule has 1 heterocycles. The number of aryl methyl sites for hydroxylation is 2. The van der Waals surface area contributed by atoms with Gasteiger partial charge in [-0.3, -0.25) is 9.89 Å². The monoisotopic (exact) mass is 277 g/mol. The minimum Gasteiger partial charge on any atom is -0.322 e. The second-order valence-electron chi connectivity index (χ2n) is 5.46. The number of fused-ring (bicyclic) bond motifs is 2. The van der Waals surface area contributed by atoms with Crippen LogP contribution in [0.2, 0.25) is 0 Å². The Labute approximate surface area is 122 Å². The zero-order chi connectivity index (χ0) is 14.2. The van der Waals surface area contributed by atoms with Crippen molar-refractivity contribution in [2.45, 2.75) is 19.3 Å². The Morgan fingerprint density at radius 2 is 2.00 bits per heavy atom. The number of carbonyl (C=O) groups excluding carboxylic acids is 1. The Bertz CT molecular complexity index is 835. The molecule has 0 spiro atoms. The van der Waals surface area contributed by atoms with E-state index < -0.39 is 0 Å². The molecule has 4 nitrogen and oxygen atoms in total. The maximum Gasteiger partial charge on any atom is 0.255 e. The van der Waals surface area contributed by atoms with Crippen LogP contribution in [0.4, 0.5) is 5.69 Å². The summed E-state index contributed by atoms with van der Waals surface area (Å²) in [5.41, 5.74) is 5.14. The van der Waals surface area contributed by atoms with E-state index in [1.54, 1.807) is 6.20 Å². The van der Waals surface area contributed by atoms with Gasteiger partial charge in [-0.1, -0.05) is 12.1 Å². The minimum absolute atomic E-state index is 0.0931. The highest BCUT2D eigenvalue weighted by Gasteiger charge is 2.12. The largest absolute Gasteiger partial charge is 0.322 e. The van der Waals surface area contributed by atoms with E-state index in [9.17, 15) is 4.79 Å². The Balaban J connectivity index is 1.60. The summed E-state index contributed by atoms with van der Waals surface area (Å²) in [4.78, 5) is 12.3. The zero-order valence-electron chi connectivity index (χ0n) is 11.5. The number of hydrogen-bond acceptors (Lipinski definition) is 2. The molecule has 1 aliphatic rings. The summed E-state index contributed by atoms with van der Waals surface area (Å²) in [6, 6.07) is 11.7. The van der Waals surface area contributed by atoms with Gasteiger partial charge < -0.3 is 5.32 Å². The molecule has 21 heavy (non-hydrogen) atoms. The number of aromatic nitrogens is 2. The molecule has 0 aliphatic heterocycles. The second kappa shape index (κ2) is 4.74. The highest BCUT2D eigenvalue weighted by Crippen LogP contribution is 2.25. The maximum absolute atomic E-state index is 12.3. The Hall–Kier alpha value is -2.62. The summed E-state index contributed by atoms with van der Waals surface area (Å²) in [5, 5.41) is 10.8. The lowest BCUT2D eigenvalue weighted by atomic mass is 10.1. The van der Waals surface area contributed by atoms with E-state index in [2.05, 4.69) is 27.6 Å². The summed E-state index contributed by atoms with van der Waals surface area (Å²) < 4.78 is 0. The van der Waals surface area contributed by atoms with Gasteiger partial charge in [-0.15, -0.1) is 0 Å². The zero-order valence-corrected chi connectivity index (χ0v) is 11.5. The molecule has 0 fully saturated rings. The lowest BCUT2D eigenvalue weighted by molar-refractivity contribution is 0.102. The van der Waals surface area contributed by atoms with Gasteiger partial charge in [0.1, 0.15) is 0 Å². The molecule has 1 amide bonds. The molecule has 0 saturated heterocycles. The Morgan fingerprint density at radius 3 is 2.95 bits per heavy atom. The third-order valence-corrected chi connectivity index (χ3v) is 4.06. The molecule has 104 valence electrons. The van der Waals surface area contributed by atoms with Gasteiger partial charge in [-0.25, -0.2) is 0 Å². The van der Waals surface area contributed by atoms with Gasteiger partial charge >= 0.3 is 0 Å². The number of nitrogens with one attached hydrogen (secondary N) is 2. The molecule has 0 bridgehead atoms. The fourth-order valence-corrected chi connectivity index (χ4v) is 2.93. The maximum atomic E-state index is 12.3. The van der Waals surface area contributed by atoms with Crippen LogP contribution in [-0.4, -0.2) is 16.1 Å². The Morgan fingerprint density at radius 1 is 1.10 bits per heavy atom. The molecule has 1 aliphatic carbocycles. The number of H-pyrrole nitrogens is 1. The van der Waals surface area contributed by atoms with Crippen LogP contribution >= 0.6 is 0 Å². The standard InChI is InChI=1S/C17H15N3O/c21-17(13-4-5-14-10-18-20-16(14)9-13)19-15-7-6-11-2-1-3-12(11)8-15/h4-10H,1-3H2,(H,18,20)(H,19,21). The van der Waals surface area contributed by atoms with Crippen LogP contribution in [0.1, 0.15) is 27.9 Å². The molecule has 0 atom stereocenters. The molecule has 1 aromatic heterocycles. The predicted molar refractivity (Wildman–Crippen MR) is 82.5 cm³/mol. The van der Waals surface area contributed by atoms with Crippen LogP contribution in [0.3, 0.4) is 0 Å². The first kappa shape index (κ1) is 12.1. The van der Waals surface area contributed by atoms with Gasteiger partial charge in [0.15, 0.2) is 0 Å². The molecule has 4 heteroatoms. The molecule has 0 unspecified atom stereocenters. The average Bonchev–Trinajstić information content (AvgIpc) is 3.14. The molecule has 3 aromatic rings. The first-order chi connectivity index (χ1) is 10.3. The molecule has 0 saturated carbocycles. The predicted octanol–water partition coefficient (Wildman–Crippen LogP) is 3.30. The summed E-state index contributed by atoms with van der Waals surface area (Å²) >= 11 is 0. The molecule has 4 rings (SSSR count). The van der Waals surface area contributed by atoms with E-state index in [4.69, 9.17) is 0 Å². The summed E-state index contributed by atoms with van der Waals surface area (Å²) in [7, 11) is 0. The number of hydrogen-bond donors (Lipinski definition) is 2. The van der Waals surface area contributed by atoms with E-state index in [1.807, 2.05) is 24.3 Å². The normalized spacial score (nSPS) is 13.3. The summed E-state index contributed by atoms with van der Waals surface area (Å²) in [5.74, 6) is -0.0931. The average molecular weight is 277 g/mol. The molecule has 2 aromatic carbocycles. The SMILES string of the molecule is O=C(Nc1ccc2c(c1)CCC2)c1ccc2cn[nH]c2c1. The lowest BCUT2D eigenvalue weighted by Gasteiger charge is -2.07. The van der Waals surface area contributed by atoms with Gasteiger partial charge in [-0.2, -0.15) is 5.10 Å². The molecular weight excluding hydrogens is 262 g/mol. The van der Waals surface area contributed by atoms with E-state index in [0.29, 0.717) is 5.56 Å². The summed E-state index contributed by atoms with van der Waals surface area (Å²) in [6.07, 6.45) is 5.22. The van der Waals surface area contributed by atoms with Crippen molar-refractivity contribution in [2.75, 3.05) is 5.32 Å². The number of carbonyl (C=O) groups is 1. The van der Waals surface area contributed by atoms with Crippen LogP contribution < -0.4 is 5.32 Å². The number of anilines is 1. The second-order valence-corrected chi connectivity index (χ2v) is 5.46. The smallest absolute Gasteiger partial charge is 0.255 e. The Kier molecular flexibility index (Phi) is 2.74. The number of amides is 1. The van der Waals surface area contributed by atoms with Crippen molar-refractivity contribution in [2.24, 2.45) is 0 Å². The van der Waals surface area contributed by atoms with E-state index >= 15 is 0 Å². The van der Waals surface area contributed by atoms with Crippen LogP contribution in [-0.2, 0) is 12.8 Å². The quantitative estimate of drug-likeness (QED) is 0.755. The third-order valence-electron chi connectivity index (χ3n) is 4.06. The van der Waals surface area contributed by atoms with Crippen molar-refractivity contribution in [1.82, 2.24) is 10.2 Å². The van der Waals surface area contributed by atoms with Crippen molar-refractivity contribution >= 4 is 22.5 Å².